The van der Waals surface area contributed by atoms with E-state index in [0.717, 1.165) is 32.1 Å². The molecule has 0 bridgehead atoms. The van der Waals surface area contributed by atoms with E-state index in [1.807, 2.05) is 0 Å². The van der Waals surface area contributed by atoms with Gasteiger partial charge in [0.05, 0.1) is 0 Å². The monoisotopic (exact) mass is 314 g/mol. The fraction of sp³-hybridized carbons (Fsp3) is 0.600. The molecule has 0 spiro atoms. The van der Waals surface area contributed by atoms with Gasteiger partial charge in [0, 0.05) is 13.1 Å². The van der Waals surface area contributed by atoms with Crippen LogP contribution in [0.3, 0.4) is 0 Å². The molecule has 0 aromatic heterocycles. The summed E-state index contributed by atoms with van der Waals surface area (Å²) in [5.41, 5.74) is 6.03. The molecule has 118 valence electrons. The molecular weight excluding hydrogens is 291 g/mol. The summed E-state index contributed by atoms with van der Waals surface area (Å²) >= 11 is 0. The molecule has 0 aliphatic heterocycles. The van der Waals surface area contributed by atoms with Crippen LogP contribution in [0, 0.1) is 11.2 Å². The molecule has 21 heavy (non-hydrogen) atoms. The van der Waals surface area contributed by atoms with Gasteiger partial charge in [-0.1, -0.05) is 25.8 Å². The minimum Gasteiger partial charge on any atom is -0.326 e. The summed E-state index contributed by atoms with van der Waals surface area (Å²) in [6.07, 6.45) is 5.26. The minimum atomic E-state index is -3.82. The summed E-state index contributed by atoms with van der Waals surface area (Å²) in [7, 11) is -3.82. The number of rotatable bonds is 6. The Hall–Kier alpha value is -0.980. The van der Waals surface area contributed by atoms with Crippen LogP contribution < -0.4 is 10.5 Å². The summed E-state index contributed by atoms with van der Waals surface area (Å²) in [5, 5.41) is 0. The first-order valence-electron chi connectivity index (χ1n) is 7.41. The first kappa shape index (κ1) is 16.4. The molecule has 0 saturated heterocycles. The van der Waals surface area contributed by atoms with Gasteiger partial charge in [-0.25, -0.2) is 17.5 Å². The highest BCUT2D eigenvalue weighted by atomic mass is 32.2. The van der Waals surface area contributed by atoms with Crippen molar-refractivity contribution in [1.29, 1.82) is 0 Å². The maximum Gasteiger partial charge on any atom is 0.243 e. The van der Waals surface area contributed by atoms with Crippen molar-refractivity contribution >= 4 is 10.0 Å². The first-order valence-corrected chi connectivity index (χ1v) is 8.89. The molecule has 1 aromatic rings. The lowest BCUT2D eigenvalue weighted by Gasteiger charge is -2.27. The number of benzene rings is 1. The van der Waals surface area contributed by atoms with E-state index in [4.69, 9.17) is 5.73 Å². The average molecular weight is 314 g/mol. The summed E-state index contributed by atoms with van der Waals surface area (Å²) < 4.78 is 41.1. The summed E-state index contributed by atoms with van der Waals surface area (Å²) in [6, 6.07) is 4.01. The maximum absolute atomic E-state index is 13.9. The van der Waals surface area contributed by atoms with Crippen LogP contribution >= 0.6 is 0 Å². The maximum atomic E-state index is 13.9. The summed E-state index contributed by atoms with van der Waals surface area (Å²) in [6.45, 7) is 2.64. The predicted octanol–water partition coefficient (Wildman–Crippen LogP) is 2.53. The molecule has 0 unspecified atom stereocenters. The molecule has 0 amide bonds. The largest absolute Gasteiger partial charge is 0.326 e. The van der Waals surface area contributed by atoms with E-state index in [2.05, 4.69) is 11.6 Å². The van der Waals surface area contributed by atoms with E-state index in [1.54, 1.807) is 6.07 Å². The van der Waals surface area contributed by atoms with Gasteiger partial charge >= 0.3 is 0 Å². The van der Waals surface area contributed by atoms with Crippen LogP contribution in [0.2, 0.25) is 0 Å². The Kier molecular flexibility index (Phi) is 5.01. The fourth-order valence-corrected chi connectivity index (χ4v) is 4.21. The first-order chi connectivity index (χ1) is 9.92. The van der Waals surface area contributed by atoms with E-state index in [0.29, 0.717) is 12.1 Å². The third kappa shape index (κ3) is 3.62. The zero-order valence-electron chi connectivity index (χ0n) is 12.4. The highest BCUT2D eigenvalue weighted by molar-refractivity contribution is 7.89. The van der Waals surface area contributed by atoms with Crippen LogP contribution in [0.1, 0.15) is 44.6 Å². The highest BCUT2D eigenvalue weighted by Crippen LogP contribution is 2.40. The molecule has 0 atom stereocenters. The zero-order chi connectivity index (χ0) is 15.5. The Balaban J connectivity index is 2.15. The molecule has 1 fully saturated rings. The molecule has 3 N–H and O–H groups in total. The molecule has 4 nitrogen and oxygen atoms in total. The molecule has 2 rings (SSSR count). The lowest BCUT2D eigenvalue weighted by Crippen LogP contribution is -2.36. The highest BCUT2D eigenvalue weighted by Gasteiger charge is 2.33. The molecule has 1 aliphatic carbocycles. The number of nitrogens with two attached hydrogens (primary N) is 1. The predicted molar refractivity (Wildman–Crippen MR) is 80.7 cm³/mol. The van der Waals surface area contributed by atoms with Crippen molar-refractivity contribution in [3.05, 3.63) is 29.6 Å². The van der Waals surface area contributed by atoms with Crippen molar-refractivity contribution in [2.45, 2.75) is 50.5 Å². The van der Waals surface area contributed by atoms with Gasteiger partial charge in [-0.15, -0.1) is 0 Å². The van der Waals surface area contributed by atoms with Gasteiger partial charge in [-0.05, 0) is 42.4 Å². The Morgan fingerprint density at radius 3 is 2.52 bits per heavy atom. The van der Waals surface area contributed by atoms with Crippen LogP contribution in [0.5, 0.6) is 0 Å². The van der Waals surface area contributed by atoms with Gasteiger partial charge in [0.15, 0.2) is 0 Å². The topological polar surface area (TPSA) is 72.2 Å². The van der Waals surface area contributed by atoms with Crippen molar-refractivity contribution in [1.82, 2.24) is 4.72 Å². The molecule has 0 heterocycles. The van der Waals surface area contributed by atoms with E-state index < -0.39 is 15.8 Å². The van der Waals surface area contributed by atoms with E-state index in [9.17, 15) is 12.8 Å². The Morgan fingerprint density at radius 2 is 2.00 bits per heavy atom. The van der Waals surface area contributed by atoms with Gasteiger partial charge in [0.25, 0.3) is 0 Å². The van der Waals surface area contributed by atoms with Crippen LogP contribution in [0.25, 0.3) is 0 Å². The van der Waals surface area contributed by atoms with E-state index in [-0.39, 0.29) is 16.9 Å². The smallest absolute Gasteiger partial charge is 0.243 e. The lowest BCUT2D eigenvalue weighted by atomic mass is 9.84. The van der Waals surface area contributed by atoms with Gasteiger partial charge in [0.2, 0.25) is 10.0 Å². The molecule has 1 aromatic carbocycles. The number of halogens is 1. The Labute approximate surface area is 126 Å². The van der Waals surface area contributed by atoms with Crippen LogP contribution in [-0.4, -0.2) is 15.0 Å². The Bertz CT molecular complexity index is 596. The normalized spacial score (nSPS) is 18.0. The van der Waals surface area contributed by atoms with Gasteiger partial charge < -0.3 is 5.73 Å². The van der Waals surface area contributed by atoms with Gasteiger partial charge in [-0.3, -0.25) is 0 Å². The second-order valence-electron chi connectivity index (χ2n) is 5.85. The molecule has 1 saturated carbocycles. The lowest BCUT2D eigenvalue weighted by molar-refractivity contribution is 0.285. The zero-order valence-corrected chi connectivity index (χ0v) is 13.2. The number of sulfonamides is 1. The van der Waals surface area contributed by atoms with Crippen LogP contribution in [0.4, 0.5) is 4.39 Å². The number of hydrogen-bond donors (Lipinski definition) is 2. The summed E-state index contributed by atoms with van der Waals surface area (Å²) in [4.78, 5) is -0.302. The van der Waals surface area contributed by atoms with E-state index in [1.165, 1.54) is 12.1 Å². The summed E-state index contributed by atoms with van der Waals surface area (Å²) in [5.74, 6) is -0.748. The van der Waals surface area contributed by atoms with E-state index >= 15 is 0 Å². The van der Waals surface area contributed by atoms with Crippen LogP contribution in [0.15, 0.2) is 23.1 Å². The van der Waals surface area contributed by atoms with Crippen molar-refractivity contribution in [2.75, 3.05) is 6.54 Å². The number of nitrogens with one attached hydrogen (secondary N) is 1. The molecule has 6 heteroatoms. The third-order valence-corrected chi connectivity index (χ3v) is 6.01. The second-order valence-corrected chi connectivity index (χ2v) is 7.59. The Morgan fingerprint density at radius 1 is 1.33 bits per heavy atom. The fourth-order valence-electron chi connectivity index (χ4n) is 3.00. The SMILES string of the molecule is CCC1(CNS(=O)(=O)c2ccc(CN)cc2F)CCCC1. The molecule has 1 aliphatic rings. The van der Waals surface area contributed by atoms with Crippen molar-refractivity contribution < 1.29 is 12.8 Å². The standard InChI is InChI=1S/C15H23FN2O2S/c1-2-15(7-3-4-8-15)11-18-21(19,20)14-6-5-12(10-17)9-13(14)16/h5-6,9,18H,2-4,7-8,10-11,17H2,1H3. The van der Waals surface area contributed by atoms with Gasteiger partial charge in [-0.2, -0.15) is 0 Å². The van der Waals surface area contributed by atoms with Crippen molar-refractivity contribution in [2.24, 2.45) is 11.1 Å². The molecular formula is C15H23FN2O2S. The van der Waals surface area contributed by atoms with Crippen LogP contribution in [-0.2, 0) is 16.6 Å². The van der Waals surface area contributed by atoms with Crippen molar-refractivity contribution in [3.63, 3.8) is 0 Å². The van der Waals surface area contributed by atoms with Crippen molar-refractivity contribution in [3.8, 4) is 0 Å². The number of hydrogen-bond acceptors (Lipinski definition) is 3. The quantitative estimate of drug-likeness (QED) is 0.847. The van der Waals surface area contributed by atoms with Gasteiger partial charge in [0.1, 0.15) is 10.7 Å². The minimum absolute atomic E-state index is 0.0285. The average Bonchev–Trinajstić information content (AvgIpc) is 2.94. The third-order valence-electron chi connectivity index (χ3n) is 4.57. The molecule has 0 radical (unpaired) electrons. The second kappa shape index (κ2) is 6.42.